The van der Waals surface area contributed by atoms with Gasteiger partial charge < -0.3 is 15.3 Å². The lowest BCUT2D eigenvalue weighted by atomic mass is 10.1. The number of aliphatic hydroxyl groups is 3. The third-order valence-corrected chi connectivity index (χ3v) is 7.79. The lowest BCUT2D eigenvalue weighted by molar-refractivity contribution is -0.387. The molecule has 4 aromatic heterocycles. The Kier molecular flexibility index (Phi) is 8.15. The molecule has 44 heavy (non-hydrogen) atoms. The van der Waals surface area contributed by atoms with Gasteiger partial charge in [-0.05, 0) is 57.2 Å². The molecule has 0 aromatic carbocycles. The van der Waals surface area contributed by atoms with Crippen molar-refractivity contribution in [3.05, 3.63) is 98.0 Å². The first-order chi connectivity index (χ1) is 20.8. The van der Waals surface area contributed by atoms with E-state index in [4.69, 9.17) is 11.6 Å². The Morgan fingerprint density at radius 2 is 1.84 bits per heavy atom. The van der Waals surface area contributed by atoms with E-state index >= 15 is 8.78 Å². The van der Waals surface area contributed by atoms with Crippen molar-refractivity contribution < 1.29 is 24.1 Å². The molecule has 3 atom stereocenters. The molecule has 4 heterocycles. The lowest BCUT2D eigenvalue weighted by Gasteiger charge is -2.13. The van der Waals surface area contributed by atoms with Crippen LogP contribution in [-0.4, -0.2) is 60.3 Å². The Hall–Kier alpha value is -4.44. The zero-order valence-electron chi connectivity index (χ0n) is 24.2. The first-order valence-corrected chi connectivity index (χ1v) is 13.8. The van der Waals surface area contributed by atoms with Gasteiger partial charge >= 0.3 is 6.10 Å². The summed E-state index contributed by atoms with van der Waals surface area (Å²) in [6.07, 6.45) is 3.05. The van der Waals surface area contributed by atoms with Crippen LogP contribution in [0.4, 0.5) is 8.78 Å². The number of hydrogen-bond donors (Lipinski definition) is 3. The summed E-state index contributed by atoms with van der Waals surface area (Å²) in [5, 5.41) is 43.3. The van der Waals surface area contributed by atoms with E-state index in [-0.39, 0.29) is 39.9 Å². The largest absolute Gasteiger partial charge is 0.405 e. The van der Waals surface area contributed by atoms with Gasteiger partial charge in [0.05, 0.1) is 18.1 Å². The molecule has 16 heteroatoms. The van der Waals surface area contributed by atoms with Gasteiger partial charge in [-0.15, -0.1) is 10.2 Å². The maximum absolute atomic E-state index is 16.0. The molecular weight excluding hydrogens is 600 g/mol. The highest BCUT2D eigenvalue weighted by molar-refractivity contribution is 6.31. The summed E-state index contributed by atoms with van der Waals surface area (Å²) in [4.78, 5) is 22.0. The normalized spacial score (nSPS) is 19.3. The SMILES string of the molecule is C/C=C/N=C(/C(F)=C/n1c(C)cc(C2C(c3cnn(C(O)(O)O)n3)[C@H]2C)c(Cl)c1=O)c1ccnc(-n2c(C)nnc2C)c1F. The molecule has 230 valence electrons. The number of hydrogen-bond acceptors (Lipinski definition) is 10. The molecule has 1 fully saturated rings. The number of nitrogens with zero attached hydrogens (tertiary/aromatic N) is 9. The Morgan fingerprint density at radius 1 is 1.16 bits per heavy atom. The summed E-state index contributed by atoms with van der Waals surface area (Å²) < 4.78 is 34.2. The van der Waals surface area contributed by atoms with Crippen molar-refractivity contribution >= 4 is 23.5 Å². The molecule has 0 saturated heterocycles. The maximum Gasteiger partial charge on any atom is 0.405 e. The second-order valence-corrected chi connectivity index (χ2v) is 10.7. The number of pyridine rings is 2. The van der Waals surface area contributed by atoms with Crippen LogP contribution >= 0.6 is 11.6 Å². The summed E-state index contributed by atoms with van der Waals surface area (Å²) in [5.41, 5.74) is -0.123. The highest BCUT2D eigenvalue weighted by atomic mass is 35.5. The van der Waals surface area contributed by atoms with E-state index in [1.54, 1.807) is 33.8 Å². The molecular formula is C28H28ClF2N9O4. The van der Waals surface area contributed by atoms with Crippen molar-refractivity contribution in [3.8, 4) is 5.82 Å². The molecule has 1 saturated carbocycles. The maximum atomic E-state index is 16.0. The van der Waals surface area contributed by atoms with Crippen molar-refractivity contribution in [1.29, 1.82) is 0 Å². The van der Waals surface area contributed by atoms with Gasteiger partial charge in [-0.1, -0.05) is 29.4 Å². The van der Waals surface area contributed by atoms with Gasteiger partial charge in [0.2, 0.25) is 0 Å². The fourth-order valence-electron chi connectivity index (χ4n) is 5.24. The van der Waals surface area contributed by atoms with Crippen molar-refractivity contribution in [2.75, 3.05) is 0 Å². The van der Waals surface area contributed by atoms with E-state index in [0.717, 1.165) is 10.8 Å². The third-order valence-electron chi connectivity index (χ3n) is 7.41. The lowest BCUT2D eigenvalue weighted by Crippen LogP contribution is -2.34. The van der Waals surface area contributed by atoms with E-state index in [0.29, 0.717) is 33.4 Å². The zero-order chi connectivity index (χ0) is 32.1. The first-order valence-electron chi connectivity index (χ1n) is 13.4. The highest BCUT2D eigenvalue weighted by Gasteiger charge is 2.51. The topological polar surface area (TPSA) is 169 Å². The second kappa shape index (κ2) is 11.6. The predicted octanol–water partition coefficient (Wildman–Crippen LogP) is 2.99. The number of rotatable bonds is 8. The van der Waals surface area contributed by atoms with Crippen molar-refractivity contribution in [1.82, 2.24) is 39.3 Å². The standard InChI is InChI=1S/C28H28ClF2N9O4/c1-6-8-32-25(17-7-9-33-26(24(17)31)39-15(4)35-36-16(39)5)19(30)12-38-13(2)10-18(23(29)27(38)41)21-14(3)22(21)20-11-34-40(37-20)28(42,43)44/h6-12,14,21-22,42-44H,1-5H3/b8-6+,19-12-,32-25+/t14-,21?,22?/m0/s1. The second-order valence-electron chi connectivity index (χ2n) is 10.4. The van der Waals surface area contributed by atoms with Gasteiger partial charge in [-0.3, -0.25) is 18.9 Å². The van der Waals surface area contributed by atoms with Crippen molar-refractivity contribution in [2.45, 2.75) is 52.6 Å². The number of aryl methyl sites for hydroxylation is 3. The summed E-state index contributed by atoms with van der Waals surface area (Å²) in [5.74, 6) is -1.89. The molecule has 1 aliphatic carbocycles. The Bertz CT molecular complexity index is 1890. The van der Waals surface area contributed by atoms with E-state index in [1.807, 2.05) is 6.92 Å². The number of allylic oxidation sites excluding steroid dienone is 2. The summed E-state index contributed by atoms with van der Waals surface area (Å²) in [6, 6.07) is 2.91. The Labute approximate surface area is 254 Å². The number of aliphatic imine (C=N–C) groups is 1. The van der Waals surface area contributed by atoms with E-state index in [2.05, 4.69) is 30.4 Å². The summed E-state index contributed by atoms with van der Waals surface area (Å²) in [6.45, 7) is 8.40. The minimum absolute atomic E-state index is 0.0635. The highest BCUT2D eigenvalue weighted by Crippen LogP contribution is 2.60. The van der Waals surface area contributed by atoms with Gasteiger partial charge in [0, 0.05) is 29.6 Å². The summed E-state index contributed by atoms with van der Waals surface area (Å²) >= 11 is 6.53. The van der Waals surface area contributed by atoms with Gasteiger partial charge in [-0.2, -0.15) is 10.2 Å². The van der Waals surface area contributed by atoms with E-state index in [9.17, 15) is 20.1 Å². The van der Waals surface area contributed by atoms with Gasteiger partial charge in [0.15, 0.2) is 17.5 Å². The average molecular weight is 628 g/mol. The van der Waals surface area contributed by atoms with E-state index in [1.165, 1.54) is 35.3 Å². The first kappa shape index (κ1) is 31.0. The molecule has 4 aromatic rings. The molecule has 3 N–H and O–H groups in total. The van der Waals surface area contributed by atoms with Crippen LogP contribution in [0.2, 0.25) is 5.02 Å². The smallest absolute Gasteiger partial charge is 0.323 e. The average Bonchev–Trinajstić information content (AvgIpc) is 3.25. The van der Waals surface area contributed by atoms with Gasteiger partial charge in [0.25, 0.3) is 5.56 Å². The molecule has 5 rings (SSSR count). The number of aromatic nitrogens is 8. The Morgan fingerprint density at radius 3 is 2.45 bits per heavy atom. The minimum atomic E-state index is -3.26. The molecule has 0 radical (unpaired) electrons. The van der Waals surface area contributed by atoms with Gasteiger partial charge in [-0.25, -0.2) is 13.8 Å². The van der Waals surface area contributed by atoms with Crippen LogP contribution in [0.15, 0.2) is 52.4 Å². The Balaban J connectivity index is 1.53. The fraction of sp³-hybridized carbons (Fsp3) is 0.321. The summed E-state index contributed by atoms with van der Waals surface area (Å²) in [7, 11) is 0. The van der Waals surface area contributed by atoms with Crippen LogP contribution in [0.5, 0.6) is 0 Å². The monoisotopic (exact) mass is 627 g/mol. The number of halogens is 3. The molecule has 0 spiro atoms. The zero-order valence-corrected chi connectivity index (χ0v) is 24.9. The molecule has 13 nitrogen and oxygen atoms in total. The third kappa shape index (κ3) is 5.50. The molecule has 0 aliphatic heterocycles. The van der Waals surface area contributed by atoms with Crippen LogP contribution in [0.1, 0.15) is 59.8 Å². The van der Waals surface area contributed by atoms with Crippen LogP contribution in [0.3, 0.4) is 0 Å². The molecule has 0 bridgehead atoms. The molecule has 1 aliphatic rings. The predicted molar refractivity (Wildman–Crippen MR) is 155 cm³/mol. The van der Waals surface area contributed by atoms with Crippen molar-refractivity contribution in [2.24, 2.45) is 10.9 Å². The molecule has 0 amide bonds. The van der Waals surface area contributed by atoms with E-state index < -0.39 is 23.3 Å². The minimum Gasteiger partial charge on any atom is -0.323 e. The van der Waals surface area contributed by atoms with Crippen molar-refractivity contribution in [3.63, 3.8) is 0 Å². The van der Waals surface area contributed by atoms with Gasteiger partial charge in [0.1, 0.15) is 22.4 Å². The van der Waals surface area contributed by atoms with Crippen LogP contribution in [-0.2, 0) is 6.10 Å². The van der Waals surface area contributed by atoms with Crippen LogP contribution < -0.4 is 5.56 Å². The van der Waals surface area contributed by atoms with Crippen LogP contribution in [0, 0.1) is 32.5 Å². The quantitative estimate of drug-likeness (QED) is 0.196. The fourth-order valence-corrected chi connectivity index (χ4v) is 5.52. The molecule has 2 unspecified atom stereocenters. The van der Waals surface area contributed by atoms with Crippen LogP contribution in [0.25, 0.3) is 12.0 Å².